The number of ether oxygens (including phenoxy) is 1. The maximum atomic E-state index is 12.6. The summed E-state index contributed by atoms with van der Waals surface area (Å²) in [6.45, 7) is 0. The van der Waals surface area contributed by atoms with E-state index >= 15 is 0 Å². The lowest BCUT2D eigenvalue weighted by Gasteiger charge is -2.11. The Morgan fingerprint density at radius 2 is 2.12 bits per heavy atom. The number of halogens is 4. The fraction of sp³-hybridized carbons (Fsp3) is 0.300. The SMILES string of the molecule is O=CC1(Cl)Cc2c(cccc2C(F)(F)F)O1. The minimum atomic E-state index is -4.47. The van der Waals surface area contributed by atoms with Gasteiger partial charge in [0.2, 0.25) is 5.06 Å². The van der Waals surface area contributed by atoms with Crippen LogP contribution in [0.4, 0.5) is 13.2 Å². The van der Waals surface area contributed by atoms with Gasteiger partial charge in [0.15, 0.2) is 6.29 Å². The molecule has 2 nitrogen and oxygen atoms in total. The van der Waals surface area contributed by atoms with E-state index in [0.717, 1.165) is 6.07 Å². The van der Waals surface area contributed by atoms with Gasteiger partial charge < -0.3 is 4.74 Å². The lowest BCUT2D eigenvalue weighted by Crippen LogP contribution is -2.28. The number of rotatable bonds is 1. The molecule has 0 N–H and O–H groups in total. The molecule has 0 saturated heterocycles. The summed E-state index contributed by atoms with van der Waals surface area (Å²) in [7, 11) is 0. The highest BCUT2D eigenvalue weighted by molar-refractivity contribution is 6.31. The van der Waals surface area contributed by atoms with Crippen LogP contribution in [0.3, 0.4) is 0 Å². The van der Waals surface area contributed by atoms with Gasteiger partial charge in [-0.1, -0.05) is 17.7 Å². The molecular formula is C10H6ClF3O2. The monoisotopic (exact) mass is 250 g/mol. The molecule has 1 aliphatic heterocycles. The van der Waals surface area contributed by atoms with Crippen molar-refractivity contribution in [2.75, 3.05) is 0 Å². The van der Waals surface area contributed by atoms with E-state index in [1.165, 1.54) is 12.1 Å². The van der Waals surface area contributed by atoms with Crippen molar-refractivity contribution in [3.8, 4) is 5.75 Å². The van der Waals surface area contributed by atoms with Crippen LogP contribution in [0.2, 0.25) is 0 Å². The van der Waals surface area contributed by atoms with E-state index in [1.807, 2.05) is 0 Å². The van der Waals surface area contributed by atoms with E-state index < -0.39 is 16.8 Å². The van der Waals surface area contributed by atoms with E-state index in [1.54, 1.807) is 0 Å². The van der Waals surface area contributed by atoms with E-state index in [4.69, 9.17) is 16.3 Å². The van der Waals surface area contributed by atoms with Gasteiger partial charge >= 0.3 is 6.18 Å². The lowest BCUT2D eigenvalue weighted by molar-refractivity contribution is -0.138. The maximum Gasteiger partial charge on any atom is 0.416 e. The Morgan fingerprint density at radius 1 is 1.44 bits per heavy atom. The first kappa shape index (κ1) is 11.3. The third-order valence-corrected chi connectivity index (χ3v) is 2.61. The van der Waals surface area contributed by atoms with Crippen molar-refractivity contribution in [3.63, 3.8) is 0 Å². The summed E-state index contributed by atoms with van der Waals surface area (Å²) < 4.78 is 42.8. The summed E-state index contributed by atoms with van der Waals surface area (Å²) in [4.78, 5) is 10.6. The van der Waals surface area contributed by atoms with Gasteiger partial charge in [0.05, 0.1) is 5.56 Å². The Morgan fingerprint density at radius 3 is 2.69 bits per heavy atom. The zero-order valence-electron chi connectivity index (χ0n) is 7.84. The lowest BCUT2D eigenvalue weighted by atomic mass is 10.0. The summed E-state index contributed by atoms with van der Waals surface area (Å²) in [5.74, 6) is 0.0110. The second-order valence-electron chi connectivity index (χ2n) is 3.46. The maximum absolute atomic E-state index is 12.6. The fourth-order valence-corrected chi connectivity index (χ4v) is 1.85. The van der Waals surface area contributed by atoms with Gasteiger partial charge in [0.1, 0.15) is 5.75 Å². The number of hydrogen-bond acceptors (Lipinski definition) is 2. The summed E-state index contributed by atoms with van der Waals surface area (Å²) >= 11 is 5.68. The van der Waals surface area contributed by atoms with E-state index in [0.29, 0.717) is 6.29 Å². The summed E-state index contributed by atoms with van der Waals surface area (Å²) in [5, 5.41) is -1.70. The van der Waals surface area contributed by atoms with Crippen molar-refractivity contribution in [3.05, 3.63) is 29.3 Å². The first-order chi connectivity index (χ1) is 7.36. The molecule has 0 spiro atoms. The molecular weight excluding hydrogens is 245 g/mol. The Labute approximate surface area is 94.0 Å². The van der Waals surface area contributed by atoms with Crippen LogP contribution in [-0.4, -0.2) is 11.3 Å². The summed E-state index contributed by atoms with van der Waals surface area (Å²) in [6, 6.07) is 3.52. The van der Waals surface area contributed by atoms with E-state index in [-0.39, 0.29) is 17.7 Å². The van der Waals surface area contributed by atoms with E-state index in [2.05, 4.69) is 0 Å². The molecule has 6 heteroatoms. The first-order valence-electron chi connectivity index (χ1n) is 4.39. The minimum Gasteiger partial charge on any atom is -0.464 e. The zero-order valence-corrected chi connectivity index (χ0v) is 8.60. The smallest absolute Gasteiger partial charge is 0.416 e. The summed E-state index contributed by atoms with van der Waals surface area (Å²) in [5.41, 5.74) is -0.883. The first-order valence-corrected chi connectivity index (χ1v) is 4.77. The number of aldehydes is 1. The van der Waals surface area contributed by atoms with Crippen molar-refractivity contribution < 1.29 is 22.7 Å². The van der Waals surface area contributed by atoms with Crippen molar-refractivity contribution in [2.45, 2.75) is 17.7 Å². The highest BCUT2D eigenvalue weighted by Gasteiger charge is 2.43. The summed E-state index contributed by atoms with van der Waals surface area (Å²) in [6.07, 6.45) is -4.45. The highest BCUT2D eigenvalue weighted by atomic mass is 35.5. The molecule has 0 radical (unpaired) electrons. The van der Waals surface area contributed by atoms with Gasteiger partial charge in [-0.25, -0.2) is 0 Å². The third-order valence-electron chi connectivity index (χ3n) is 2.31. The van der Waals surface area contributed by atoms with Crippen LogP contribution in [0.1, 0.15) is 11.1 Å². The van der Waals surface area contributed by atoms with Gasteiger partial charge in [-0.2, -0.15) is 13.2 Å². The van der Waals surface area contributed by atoms with Crippen LogP contribution in [0.15, 0.2) is 18.2 Å². The van der Waals surface area contributed by atoms with Crippen LogP contribution in [0.5, 0.6) is 5.75 Å². The van der Waals surface area contributed by atoms with Crippen LogP contribution in [0.25, 0.3) is 0 Å². The molecule has 2 rings (SSSR count). The van der Waals surface area contributed by atoms with Crippen LogP contribution in [-0.2, 0) is 17.4 Å². The molecule has 1 aliphatic rings. The Hall–Kier alpha value is -1.23. The van der Waals surface area contributed by atoms with Gasteiger partial charge in [-0.05, 0) is 12.1 Å². The van der Waals surface area contributed by atoms with Crippen molar-refractivity contribution >= 4 is 17.9 Å². The largest absolute Gasteiger partial charge is 0.464 e. The number of carbonyl (C=O) groups excluding carboxylic acids is 1. The van der Waals surface area contributed by atoms with Gasteiger partial charge in [-0.15, -0.1) is 0 Å². The Bertz CT molecular complexity index is 444. The van der Waals surface area contributed by atoms with Crippen molar-refractivity contribution in [2.24, 2.45) is 0 Å². The predicted molar refractivity (Wildman–Crippen MR) is 50.4 cm³/mol. The molecule has 86 valence electrons. The molecule has 1 heterocycles. The quantitative estimate of drug-likeness (QED) is 0.566. The second kappa shape index (κ2) is 3.38. The molecule has 16 heavy (non-hydrogen) atoms. The molecule has 1 unspecified atom stereocenters. The fourth-order valence-electron chi connectivity index (χ4n) is 1.63. The molecule has 0 aromatic heterocycles. The van der Waals surface area contributed by atoms with Crippen LogP contribution in [0, 0.1) is 0 Å². The van der Waals surface area contributed by atoms with Crippen molar-refractivity contribution in [1.82, 2.24) is 0 Å². The number of alkyl halides is 4. The van der Waals surface area contributed by atoms with E-state index in [9.17, 15) is 18.0 Å². The predicted octanol–water partition coefficient (Wildman–Crippen LogP) is 2.77. The van der Waals surface area contributed by atoms with Gasteiger partial charge in [-0.3, -0.25) is 4.79 Å². The number of benzene rings is 1. The molecule has 0 amide bonds. The molecule has 0 bridgehead atoms. The number of fused-ring (bicyclic) bond motifs is 1. The minimum absolute atomic E-state index is 0.0110. The average molecular weight is 251 g/mol. The Balaban J connectivity index is 2.50. The molecule has 1 atom stereocenters. The standard InChI is InChI=1S/C10H6ClF3O2/c11-9(5-15)4-6-7(10(12,13)14)2-1-3-8(6)16-9/h1-3,5H,4H2. The molecule has 1 aromatic carbocycles. The van der Waals surface area contributed by atoms with Crippen LogP contribution < -0.4 is 4.74 Å². The highest BCUT2D eigenvalue weighted by Crippen LogP contribution is 2.43. The van der Waals surface area contributed by atoms with Gasteiger partial charge in [0.25, 0.3) is 0 Å². The number of carbonyl (C=O) groups is 1. The topological polar surface area (TPSA) is 26.3 Å². The zero-order chi connectivity index (χ0) is 12.0. The third kappa shape index (κ3) is 1.75. The molecule has 0 saturated carbocycles. The molecule has 0 aliphatic carbocycles. The van der Waals surface area contributed by atoms with Gasteiger partial charge in [0, 0.05) is 12.0 Å². The molecule has 0 fully saturated rings. The van der Waals surface area contributed by atoms with Crippen LogP contribution >= 0.6 is 11.6 Å². The normalized spacial score (nSPS) is 23.8. The second-order valence-corrected chi connectivity index (χ2v) is 4.10. The number of hydrogen-bond donors (Lipinski definition) is 0. The van der Waals surface area contributed by atoms with Crippen molar-refractivity contribution in [1.29, 1.82) is 0 Å². The average Bonchev–Trinajstić information content (AvgIpc) is 2.53. The molecule has 1 aromatic rings. The Kier molecular flexibility index (Phi) is 2.38.